The predicted octanol–water partition coefficient (Wildman–Crippen LogP) is 1.66. The number of benzene rings is 1. The van der Waals surface area contributed by atoms with E-state index in [0.717, 1.165) is 6.07 Å². The average Bonchev–Trinajstić information content (AvgIpc) is 2.05. The van der Waals surface area contributed by atoms with Crippen molar-refractivity contribution in [3.05, 3.63) is 28.5 Å². The van der Waals surface area contributed by atoms with E-state index in [4.69, 9.17) is 22.7 Å². The fourth-order valence-corrected chi connectivity index (χ4v) is 1.17. The molecule has 4 N–H and O–H groups in total. The van der Waals surface area contributed by atoms with E-state index in [1.54, 1.807) is 0 Å². The third kappa shape index (κ3) is 2.09. The van der Waals surface area contributed by atoms with Crippen molar-refractivity contribution in [2.75, 3.05) is 0 Å². The summed E-state index contributed by atoms with van der Waals surface area (Å²) in [5.74, 6) is -0.958. The maximum Gasteiger partial charge on any atom is 0.142 e. The lowest BCUT2D eigenvalue weighted by Gasteiger charge is -2.06. The van der Waals surface area contributed by atoms with Crippen molar-refractivity contribution in [1.29, 1.82) is 5.41 Å². The Morgan fingerprint density at radius 1 is 1.62 bits per heavy atom. The standard InChI is InChI=1S/C8H8ClFN2O/c9-8-4(3-7(11)12)6(13)2-1-5(8)10/h1-2,13H,3H2,(H3,11,12). The van der Waals surface area contributed by atoms with Gasteiger partial charge in [-0.3, -0.25) is 5.41 Å². The second kappa shape index (κ2) is 3.62. The van der Waals surface area contributed by atoms with Crippen LogP contribution in [0.5, 0.6) is 5.75 Å². The SMILES string of the molecule is N=C(N)Cc1c(O)ccc(F)c1Cl. The van der Waals surface area contributed by atoms with Gasteiger partial charge in [-0.05, 0) is 12.1 Å². The number of nitrogens with two attached hydrogens (primary N) is 1. The van der Waals surface area contributed by atoms with Crippen molar-refractivity contribution < 1.29 is 9.50 Å². The molecule has 0 spiro atoms. The highest BCUT2D eigenvalue weighted by atomic mass is 35.5. The van der Waals surface area contributed by atoms with Crippen LogP contribution in [0.3, 0.4) is 0 Å². The van der Waals surface area contributed by atoms with Crippen molar-refractivity contribution in [2.45, 2.75) is 6.42 Å². The number of halogens is 2. The van der Waals surface area contributed by atoms with Gasteiger partial charge in [0, 0.05) is 12.0 Å². The van der Waals surface area contributed by atoms with Gasteiger partial charge < -0.3 is 10.8 Å². The van der Waals surface area contributed by atoms with Crippen LogP contribution in [0.2, 0.25) is 5.02 Å². The van der Waals surface area contributed by atoms with Crippen LogP contribution in [-0.4, -0.2) is 10.9 Å². The Morgan fingerprint density at radius 3 is 2.77 bits per heavy atom. The molecule has 0 bridgehead atoms. The molecule has 1 rings (SSSR count). The fraction of sp³-hybridized carbons (Fsp3) is 0.125. The number of aromatic hydroxyl groups is 1. The van der Waals surface area contributed by atoms with Crippen LogP contribution in [-0.2, 0) is 6.42 Å². The van der Waals surface area contributed by atoms with Crippen LogP contribution < -0.4 is 5.73 Å². The third-order valence-electron chi connectivity index (χ3n) is 1.54. The highest BCUT2D eigenvalue weighted by molar-refractivity contribution is 6.31. The van der Waals surface area contributed by atoms with E-state index in [1.165, 1.54) is 6.07 Å². The minimum Gasteiger partial charge on any atom is -0.508 e. The lowest BCUT2D eigenvalue weighted by Crippen LogP contribution is -2.13. The van der Waals surface area contributed by atoms with Gasteiger partial charge in [-0.2, -0.15) is 0 Å². The van der Waals surface area contributed by atoms with E-state index < -0.39 is 5.82 Å². The van der Waals surface area contributed by atoms with Gasteiger partial charge in [-0.15, -0.1) is 0 Å². The number of hydrogen-bond acceptors (Lipinski definition) is 2. The molecule has 5 heteroatoms. The molecule has 0 saturated heterocycles. The predicted molar refractivity (Wildman–Crippen MR) is 48.7 cm³/mol. The van der Waals surface area contributed by atoms with Gasteiger partial charge in [0.15, 0.2) is 0 Å². The molecular weight excluding hydrogens is 195 g/mol. The van der Waals surface area contributed by atoms with Gasteiger partial charge in [-0.1, -0.05) is 11.6 Å². The molecule has 0 fully saturated rings. The van der Waals surface area contributed by atoms with Crippen LogP contribution in [0.15, 0.2) is 12.1 Å². The highest BCUT2D eigenvalue weighted by Gasteiger charge is 2.11. The molecule has 0 amide bonds. The zero-order valence-electron chi connectivity index (χ0n) is 6.64. The van der Waals surface area contributed by atoms with E-state index in [0.29, 0.717) is 0 Å². The first kappa shape index (κ1) is 9.80. The Bertz CT molecular complexity index is 354. The summed E-state index contributed by atoms with van der Waals surface area (Å²) in [6.45, 7) is 0. The molecule has 0 aliphatic rings. The molecule has 0 unspecified atom stereocenters. The first-order chi connectivity index (χ1) is 6.02. The maximum absolute atomic E-state index is 12.9. The minimum absolute atomic E-state index is 0.0531. The Labute approximate surface area is 79.4 Å². The fourth-order valence-electron chi connectivity index (χ4n) is 0.941. The number of phenols is 1. The summed E-state index contributed by atoms with van der Waals surface area (Å²) in [6, 6.07) is 2.24. The quantitative estimate of drug-likeness (QED) is 0.504. The summed E-state index contributed by atoms with van der Waals surface area (Å²) in [4.78, 5) is 0. The number of hydrogen-bond donors (Lipinski definition) is 3. The number of phenolic OH excluding ortho intramolecular Hbond substituents is 1. The summed E-state index contributed by atoms with van der Waals surface area (Å²) in [5, 5.41) is 16.1. The summed E-state index contributed by atoms with van der Waals surface area (Å²) in [7, 11) is 0. The maximum atomic E-state index is 12.9. The molecule has 0 heterocycles. The molecule has 1 aromatic carbocycles. The van der Waals surface area contributed by atoms with Crippen molar-refractivity contribution in [1.82, 2.24) is 0 Å². The monoisotopic (exact) mass is 202 g/mol. The smallest absolute Gasteiger partial charge is 0.142 e. The summed E-state index contributed by atoms with van der Waals surface area (Å²) in [6.07, 6.45) is -0.0531. The topological polar surface area (TPSA) is 70.1 Å². The van der Waals surface area contributed by atoms with Crippen LogP contribution in [0.25, 0.3) is 0 Å². The molecule has 0 aliphatic heterocycles. The van der Waals surface area contributed by atoms with Crippen molar-refractivity contribution in [2.24, 2.45) is 5.73 Å². The molecule has 70 valence electrons. The van der Waals surface area contributed by atoms with Crippen molar-refractivity contribution in [3.8, 4) is 5.75 Å². The Morgan fingerprint density at radius 2 is 2.23 bits per heavy atom. The molecule has 3 nitrogen and oxygen atoms in total. The second-order valence-electron chi connectivity index (χ2n) is 2.56. The van der Waals surface area contributed by atoms with Gasteiger partial charge in [0.1, 0.15) is 11.6 Å². The Hall–Kier alpha value is -1.29. The van der Waals surface area contributed by atoms with Crippen molar-refractivity contribution in [3.63, 3.8) is 0 Å². The molecular formula is C8H8ClFN2O. The molecule has 0 aromatic heterocycles. The van der Waals surface area contributed by atoms with Gasteiger partial charge in [0.25, 0.3) is 0 Å². The summed E-state index contributed by atoms with van der Waals surface area (Å²) >= 11 is 5.56. The molecule has 0 aliphatic carbocycles. The van der Waals surface area contributed by atoms with Gasteiger partial charge in [0.05, 0.1) is 10.9 Å². The number of amidine groups is 1. The first-order valence-electron chi connectivity index (χ1n) is 3.51. The van der Waals surface area contributed by atoms with E-state index >= 15 is 0 Å². The molecule has 0 saturated carbocycles. The van der Waals surface area contributed by atoms with Crippen LogP contribution in [0, 0.1) is 11.2 Å². The normalized spacial score (nSPS) is 10.0. The Kier molecular flexibility index (Phi) is 2.72. The number of nitrogens with one attached hydrogen (secondary N) is 1. The minimum atomic E-state index is -0.629. The summed E-state index contributed by atoms with van der Waals surface area (Å²) in [5.41, 5.74) is 5.25. The van der Waals surface area contributed by atoms with E-state index in [-0.39, 0.29) is 28.6 Å². The van der Waals surface area contributed by atoms with Crippen molar-refractivity contribution >= 4 is 17.4 Å². The zero-order valence-corrected chi connectivity index (χ0v) is 7.40. The van der Waals surface area contributed by atoms with Crippen LogP contribution in [0.1, 0.15) is 5.56 Å². The summed E-state index contributed by atoms with van der Waals surface area (Å²) < 4.78 is 12.9. The number of rotatable bonds is 2. The molecule has 13 heavy (non-hydrogen) atoms. The van der Waals surface area contributed by atoms with E-state index in [9.17, 15) is 9.50 Å². The van der Waals surface area contributed by atoms with Crippen LogP contribution >= 0.6 is 11.6 Å². The largest absolute Gasteiger partial charge is 0.508 e. The van der Waals surface area contributed by atoms with Gasteiger partial charge in [-0.25, -0.2) is 4.39 Å². The Balaban J connectivity index is 3.17. The molecule has 1 aromatic rings. The lowest BCUT2D eigenvalue weighted by molar-refractivity contribution is 0.467. The first-order valence-corrected chi connectivity index (χ1v) is 3.89. The third-order valence-corrected chi connectivity index (χ3v) is 1.95. The van der Waals surface area contributed by atoms with Gasteiger partial charge in [0.2, 0.25) is 0 Å². The zero-order chi connectivity index (χ0) is 10.0. The second-order valence-corrected chi connectivity index (χ2v) is 2.94. The highest BCUT2D eigenvalue weighted by Crippen LogP contribution is 2.28. The lowest BCUT2D eigenvalue weighted by atomic mass is 10.1. The van der Waals surface area contributed by atoms with Gasteiger partial charge >= 0.3 is 0 Å². The van der Waals surface area contributed by atoms with E-state index in [2.05, 4.69) is 0 Å². The van der Waals surface area contributed by atoms with Crippen LogP contribution in [0.4, 0.5) is 4.39 Å². The molecule has 0 radical (unpaired) electrons. The average molecular weight is 203 g/mol. The molecule has 0 atom stereocenters. The van der Waals surface area contributed by atoms with E-state index in [1.807, 2.05) is 0 Å².